The molecule has 0 aromatic heterocycles. The summed E-state index contributed by atoms with van der Waals surface area (Å²) in [6.07, 6.45) is 5.68. The van der Waals surface area contributed by atoms with E-state index in [0.717, 1.165) is 25.0 Å². The van der Waals surface area contributed by atoms with Crippen molar-refractivity contribution in [2.75, 3.05) is 31.9 Å². The van der Waals surface area contributed by atoms with Crippen LogP contribution in [0.4, 0.5) is 13.6 Å². The molecule has 1 saturated heterocycles. The molecule has 3 rings (SSSR count). The first kappa shape index (κ1) is 19.9. The summed E-state index contributed by atoms with van der Waals surface area (Å²) in [7, 11) is 0. The van der Waals surface area contributed by atoms with E-state index in [-0.39, 0.29) is 23.7 Å². The molecule has 148 valence electrons. The molecule has 1 saturated carbocycles. The molecule has 1 aromatic rings. The smallest absolute Gasteiger partial charge is 0.317 e. The molecule has 2 fully saturated rings. The lowest BCUT2D eigenvalue weighted by atomic mass is 9.96. The number of urea groups is 1. The van der Waals surface area contributed by atoms with Crippen LogP contribution in [0.1, 0.15) is 32.1 Å². The zero-order valence-electron chi connectivity index (χ0n) is 15.3. The largest absolute Gasteiger partial charge is 0.338 e. The van der Waals surface area contributed by atoms with Gasteiger partial charge in [-0.25, -0.2) is 13.6 Å². The lowest BCUT2D eigenvalue weighted by molar-refractivity contribution is -0.129. The minimum atomic E-state index is -0.912. The molecule has 8 heteroatoms. The first-order valence-corrected chi connectivity index (χ1v) is 10.4. The molecular weight excluding hydrogens is 372 g/mol. The van der Waals surface area contributed by atoms with E-state index < -0.39 is 11.6 Å². The zero-order valence-corrected chi connectivity index (χ0v) is 16.1. The minimum Gasteiger partial charge on any atom is -0.338 e. The summed E-state index contributed by atoms with van der Waals surface area (Å²) in [4.78, 5) is 28.7. The topological polar surface area (TPSA) is 52.7 Å². The molecule has 1 heterocycles. The lowest BCUT2D eigenvalue weighted by Gasteiger charge is -2.36. The van der Waals surface area contributed by atoms with Gasteiger partial charge >= 0.3 is 6.03 Å². The standard InChI is InChI=1S/C19H25F2N3O2S/c20-16-7-6-15(12-17(16)21)27-13-18(25)23-8-10-24(11-9-23)19(26)22-14-4-2-1-3-5-14/h6-7,12,14H,1-5,8-11,13H2,(H,22,26). The summed E-state index contributed by atoms with van der Waals surface area (Å²) in [5, 5.41) is 3.10. The fourth-order valence-corrected chi connectivity index (χ4v) is 4.30. The summed E-state index contributed by atoms with van der Waals surface area (Å²) in [5.74, 6) is -1.70. The van der Waals surface area contributed by atoms with E-state index in [4.69, 9.17) is 0 Å². The number of piperazine rings is 1. The Morgan fingerprint density at radius 2 is 1.67 bits per heavy atom. The van der Waals surface area contributed by atoms with E-state index in [0.29, 0.717) is 31.1 Å². The molecule has 1 aromatic carbocycles. The number of carbonyl (C=O) groups excluding carboxylic acids is 2. The van der Waals surface area contributed by atoms with Crippen molar-refractivity contribution in [2.45, 2.75) is 43.0 Å². The second-order valence-electron chi connectivity index (χ2n) is 7.02. The van der Waals surface area contributed by atoms with Crippen LogP contribution in [0.5, 0.6) is 0 Å². The molecule has 0 unspecified atom stereocenters. The van der Waals surface area contributed by atoms with Crippen molar-refractivity contribution in [1.82, 2.24) is 15.1 Å². The molecule has 1 aliphatic carbocycles. The number of thioether (sulfide) groups is 1. The third-order valence-corrected chi connectivity index (χ3v) is 6.08. The summed E-state index contributed by atoms with van der Waals surface area (Å²) < 4.78 is 26.2. The highest BCUT2D eigenvalue weighted by Gasteiger charge is 2.25. The van der Waals surface area contributed by atoms with Gasteiger partial charge in [0.2, 0.25) is 5.91 Å². The van der Waals surface area contributed by atoms with Crippen LogP contribution in [0, 0.1) is 11.6 Å². The SMILES string of the molecule is O=C(CSc1ccc(F)c(F)c1)N1CCN(C(=O)NC2CCCCC2)CC1. The van der Waals surface area contributed by atoms with Crippen LogP contribution in [-0.2, 0) is 4.79 Å². The molecule has 1 N–H and O–H groups in total. The quantitative estimate of drug-likeness (QED) is 0.794. The maximum atomic E-state index is 13.2. The third-order valence-electron chi connectivity index (χ3n) is 5.11. The molecule has 27 heavy (non-hydrogen) atoms. The Bertz CT molecular complexity index is 675. The number of nitrogens with one attached hydrogen (secondary N) is 1. The maximum absolute atomic E-state index is 13.2. The van der Waals surface area contributed by atoms with Crippen LogP contribution in [0.25, 0.3) is 0 Å². The van der Waals surface area contributed by atoms with Gasteiger partial charge in [0.25, 0.3) is 0 Å². The van der Waals surface area contributed by atoms with Crippen molar-refractivity contribution in [3.8, 4) is 0 Å². The average molecular weight is 397 g/mol. The van der Waals surface area contributed by atoms with Gasteiger partial charge in [0.05, 0.1) is 5.75 Å². The van der Waals surface area contributed by atoms with Gasteiger partial charge in [0, 0.05) is 37.1 Å². The van der Waals surface area contributed by atoms with E-state index in [2.05, 4.69) is 5.32 Å². The predicted molar refractivity (Wildman–Crippen MR) is 101 cm³/mol. The van der Waals surface area contributed by atoms with E-state index in [1.165, 1.54) is 37.1 Å². The number of carbonyl (C=O) groups is 2. The normalized spacial score (nSPS) is 18.4. The van der Waals surface area contributed by atoms with Crippen LogP contribution in [0.3, 0.4) is 0 Å². The van der Waals surface area contributed by atoms with Crippen molar-refractivity contribution in [3.05, 3.63) is 29.8 Å². The molecule has 0 radical (unpaired) electrons. The first-order chi connectivity index (χ1) is 13.0. The fraction of sp³-hybridized carbons (Fsp3) is 0.579. The summed E-state index contributed by atoms with van der Waals surface area (Å²) in [5.41, 5.74) is 0. The highest BCUT2D eigenvalue weighted by atomic mass is 32.2. The van der Waals surface area contributed by atoms with Gasteiger partial charge in [-0.2, -0.15) is 0 Å². The van der Waals surface area contributed by atoms with Crippen LogP contribution in [0.2, 0.25) is 0 Å². The molecule has 0 atom stereocenters. The van der Waals surface area contributed by atoms with Crippen molar-refractivity contribution < 1.29 is 18.4 Å². The zero-order chi connectivity index (χ0) is 19.2. The molecule has 5 nitrogen and oxygen atoms in total. The van der Waals surface area contributed by atoms with Crippen LogP contribution in [-0.4, -0.2) is 59.7 Å². The number of nitrogens with zero attached hydrogens (tertiary/aromatic N) is 2. The van der Waals surface area contributed by atoms with Gasteiger partial charge in [-0.3, -0.25) is 4.79 Å². The number of halogens is 2. The lowest BCUT2D eigenvalue weighted by Crippen LogP contribution is -2.55. The highest BCUT2D eigenvalue weighted by Crippen LogP contribution is 2.21. The Morgan fingerprint density at radius 3 is 2.33 bits per heavy atom. The number of amides is 3. The molecule has 1 aliphatic heterocycles. The van der Waals surface area contributed by atoms with Crippen LogP contribution in [0.15, 0.2) is 23.1 Å². The number of benzene rings is 1. The van der Waals surface area contributed by atoms with Crippen molar-refractivity contribution in [2.24, 2.45) is 0 Å². The van der Waals surface area contributed by atoms with Crippen molar-refractivity contribution >= 4 is 23.7 Å². The Hall–Kier alpha value is -1.83. The number of hydrogen-bond donors (Lipinski definition) is 1. The van der Waals surface area contributed by atoms with Crippen LogP contribution < -0.4 is 5.32 Å². The Kier molecular flexibility index (Phi) is 6.93. The van der Waals surface area contributed by atoms with E-state index in [1.54, 1.807) is 9.80 Å². The third kappa shape index (κ3) is 5.57. The molecule has 0 spiro atoms. The summed E-state index contributed by atoms with van der Waals surface area (Å²) >= 11 is 1.18. The van der Waals surface area contributed by atoms with Gasteiger partial charge in [0.1, 0.15) is 0 Å². The minimum absolute atomic E-state index is 0.0369. The van der Waals surface area contributed by atoms with E-state index in [1.807, 2.05) is 0 Å². The van der Waals surface area contributed by atoms with E-state index in [9.17, 15) is 18.4 Å². The van der Waals surface area contributed by atoms with Crippen molar-refractivity contribution in [1.29, 1.82) is 0 Å². The molecule has 3 amide bonds. The van der Waals surface area contributed by atoms with Gasteiger partial charge in [0.15, 0.2) is 11.6 Å². The van der Waals surface area contributed by atoms with Crippen molar-refractivity contribution in [3.63, 3.8) is 0 Å². The van der Waals surface area contributed by atoms with Crippen LogP contribution >= 0.6 is 11.8 Å². The summed E-state index contributed by atoms with van der Waals surface area (Å²) in [6.45, 7) is 2.02. The molecule has 2 aliphatic rings. The van der Waals surface area contributed by atoms with Gasteiger partial charge in [-0.1, -0.05) is 19.3 Å². The molecule has 0 bridgehead atoms. The second-order valence-corrected chi connectivity index (χ2v) is 8.07. The monoisotopic (exact) mass is 397 g/mol. The summed E-state index contributed by atoms with van der Waals surface area (Å²) in [6, 6.07) is 3.86. The first-order valence-electron chi connectivity index (χ1n) is 9.44. The Labute approximate surface area is 162 Å². The van der Waals surface area contributed by atoms with Gasteiger partial charge in [-0.15, -0.1) is 11.8 Å². The maximum Gasteiger partial charge on any atom is 0.317 e. The van der Waals surface area contributed by atoms with E-state index >= 15 is 0 Å². The molecular formula is C19H25F2N3O2S. The predicted octanol–water partition coefficient (Wildman–Crippen LogP) is 3.24. The van der Waals surface area contributed by atoms with Gasteiger partial charge < -0.3 is 15.1 Å². The number of hydrogen-bond acceptors (Lipinski definition) is 3. The van der Waals surface area contributed by atoms with Gasteiger partial charge in [-0.05, 0) is 31.0 Å². The highest BCUT2D eigenvalue weighted by molar-refractivity contribution is 8.00. The second kappa shape index (κ2) is 9.39. The Morgan fingerprint density at radius 1 is 1.00 bits per heavy atom. The number of rotatable bonds is 4. The fourth-order valence-electron chi connectivity index (χ4n) is 3.47. The average Bonchev–Trinajstić information content (AvgIpc) is 2.69. The Balaban J connectivity index is 1.40.